The summed E-state index contributed by atoms with van der Waals surface area (Å²) in [5.74, 6) is -1.15. The molecule has 1 rings (SSSR count). The lowest BCUT2D eigenvalue weighted by atomic mass is 10.2. The predicted molar refractivity (Wildman–Crippen MR) is 53.4 cm³/mol. The maximum Gasteiger partial charge on any atom is 0.439 e. The Kier molecular flexibility index (Phi) is 4.81. The van der Waals surface area contributed by atoms with Gasteiger partial charge in [0.2, 0.25) is 0 Å². The number of hydrogen-bond acceptors (Lipinski definition) is 4. The molecule has 0 saturated carbocycles. The van der Waals surface area contributed by atoms with Crippen molar-refractivity contribution in [1.82, 2.24) is 5.32 Å². The third-order valence-electron chi connectivity index (χ3n) is 1.59. The number of nitrogens with one attached hydrogen (secondary N) is 1. The topological polar surface area (TPSA) is 84.9 Å². The summed E-state index contributed by atoms with van der Waals surface area (Å²) < 4.78 is 0. The number of aliphatic carboxylic acids is 1. The Bertz CT molecular complexity index is 351. The molecule has 1 aromatic carbocycles. The summed E-state index contributed by atoms with van der Waals surface area (Å²) in [4.78, 5) is 29.8. The van der Waals surface area contributed by atoms with Gasteiger partial charge in [-0.25, -0.2) is 4.79 Å². The van der Waals surface area contributed by atoms with Gasteiger partial charge in [-0.05, 0) is 5.56 Å². The first-order chi connectivity index (χ1) is 7.68. The smallest absolute Gasteiger partial charge is 0.439 e. The second-order valence-corrected chi connectivity index (χ2v) is 2.87. The van der Waals surface area contributed by atoms with Crippen LogP contribution in [0, 0.1) is 0 Å². The first kappa shape index (κ1) is 12.0. The van der Waals surface area contributed by atoms with E-state index in [4.69, 9.17) is 5.11 Å². The van der Waals surface area contributed by atoms with E-state index < -0.39 is 18.6 Å². The molecule has 16 heavy (non-hydrogen) atoms. The number of carboxylic acids is 1. The molecule has 0 aliphatic carbocycles. The lowest BCUT2D eigenvalue weighted by Crippen LogP contribution is -2.29. The molecular formula is C10H11NO5. The van der Waals surface area contributed by atoms with E-state index in [1.165, 1.54) is 0 Å². The van der Waals surface area contributed by atoms with Crippen molar-refractivity contribution in [3.63, 3.8) is 0 Å². The largest absolute Gasteiger partial charge is 0.480 e. The van der Waals surface area contributed by atoms with Crippen LogP contribution in [-0.2, 0) is 21.2 Å². The highest BCUT2D eigenvalue weighted by molar-refractivity contribution is 5.76. The number of carbonyl (C=O) groups is 2. The summed E-state index contributed by atoms with van der Waals surface area (Å²) in [5.41, 5.74) is 0.841. The Balaban J connectivity index is 2.16. The van der Waals surface area contributed by atoms with Gasteiger partial charge in [0.15, 0.2) is 0 Å². The number of rotatable bonds is 5. The van der Waals surface area contributed by atoms with Gasteiger partial charge in [0.25, 0.3) is 0 Å². The second-order valence-electron chi connectivity index (χ2n) is 2.87. The first-order valence-corrected chi connectivity index (χ1v) is 4.51. The summed E-state index contributed by atoms with van der Waals surface area (Å²) in [6.45, 7) is -0.394. The first-order valence-electron chi connectivity index (χ1n) is 4.51. The van der Waals surface area contributed by atoms with E-state index in [0.717, 1.165) is 5.56 Å². The van der Waals surface area contributed by atoms with Crippen LogP contribution in [-0.4, -0.2) is 23.7 Å². The Morgan fingerprint density at radius 2 is 1.94 bits per heavy atom. The Morgan fingerprint density at radius 1 is 1.25 bits per heavy atom. The number of benzene rings is 1. The molecule has 2 N–H and O–H groups in total. The molecular weight excluding hydrogens is 214 g/mol. The van der Waals surface area contributed by atoms with E-state index in [9.17, 15) is 9.59 Å². The monoisotopic (exact) mass is 225 g/mol. The molecule has 0 radical (unpaired) electrons. The van der Waals surface area contributed by atoms with Crippen LogP contribution in [0.5, 0.6) is 0 Å². The van der Waals surface area contributed by atoms with Gasteiger partial charge >= 0.3 is 12.1 Å². The Labute approximate surface area is 91.7 Å². The molecule has 1 amide bonds. The lowest BCUT2D eigenvalue weighted by Gasteiger charge is -2.03. The average Bonchev–Trinajstić information content (AvgIpc) is 2.28. The zero-order valence-electron chi connectivity index (χ0n) is 8.38. The van der Waals surface area contributed by atoms with Gasteiger partial charge in [-0.2, -0.15) is 4.89 Å². The third-order valence-corrected chi connectivity index (χ3v) is 1.59. The highest BCUT2D eigenvalue weighted by Crippen LogP contribution is 2.00. The van der Waals surface area contributed by atoms with Crippen LogP contribution in [0.15, 0.2) is 30.3 Å². The van der Waals surface area contributed by atoms with Crippen molar-refractivity contribution in [2.24, 2.45) is 0 Å². The molecule has 0 aromatic heterocycles. The number of hydrogen-bond donors (Lipinski definition) is 2. The van der Waals surface area contributed by atoms with Crippen LogP contribution >= 0.6 is 0 Å². The van der Waals surface area contributed by atoms with Gasteiger partial charge in [-0.1, -0.05) is 30.3 Å². The average molecular weight is 225 g/mol. The highest BCUT2D eigenvalue weighted by Gasteiger charge is 2.05. The van der Waals surface area contributed by atoms with E-state index in [-0.39, 0.29) is 6.61 Å². The standard InChI is InChI=1S/C10H11NO5/c12-9(13)6-11-10(14)16-15-7-8-4-2-1-3-5-8/h1-5H,6-7H2,(H,11,14)(H,12,13). The summed E-state index contributed by atoms with van der Waals surface area (Å²) in [7, 11) is 0. The van der Waals surface area contributed by atoms with E-state index >= 15 is 0 Å². The van der Waals surface area contributed by atoms with Gasteiger partial charge in [-0.15, -0.1) is 0 Å². The third kappa shape index (κ3) is 4.97. The molecule has 0 aliphatic heterocycles. The van der Waals surface area contributed by atoms with Crippen molar-refractivity contribution in [1.29, 1.82) is 0 Å². The fourth-order valence-corrected chi connectivity index (χ4v) is 0.903. The Morgan fingerprint density at radius 3 is 2.56 bits per heavy atom. The number of carboxylic acid groups (broad SMARTS) is 1. The highest BCUT2D eigenvalue weighted by atomic mass is 17.2. The van der Waals surface area contributed by atoms with E-state index in [1.54, 1.807) is 12.1 Å². The van der Waals surface area contributed by atoms with Gasteiger partial charge in [0.05, 0.1) is 0 Å². The van der Waals surface area contributed by atoms with Crippen molar-refractivity contribution in [3.05, 3.63) is 35.9 Å². The number of amides is 1. The molecule has 0 saturated heterocycles. The lowest BCUT2D eigenvalue weighted by molar-refractivity contribution is -0.248. The van der Waals surface area contributed by atoms with Crippen molar-refractivity contribution in [2.75, 3.05) is 6.54 Å². The molecule has 0 aliphatic rings. The normalized spacial score (nSPS) is 9.50. The van der Waals surface area contributed by atoms with E-state index in [0.29, 0.717) is 0 Å². The van der Waals surface area contributed by atoms with Gasteiger partial charge in [0.1, 0.15) is 13.2 Å². The summed E-state index contributed by atoms with van der Waals surface area (Å²) >= 11 is 0. The van der Waals surface area contributed by atoms with E-state index in [2.05, 4.69) is 9.78 Å². The maximum atomic E-state index is 10.8. The SMILES string of the molecule is O=C(O)CNC(=O)OOCc1ccccc1. The maximum absolute atomic E-state index is 10.8. The molecule has 0 atom stereocenters. The van der Waals surface area contributed by atoms with Gasteiger partial charge in [0, 0.05) is 0 Å². The van der Waals surface area contributed by atoms with Crippen LogP contribution in [0.2, 0.25) is 0 Å². The quantitative estimate of drug-likeness (QED) is 0.575. The van der Waals surface area contributed by atoms with Crippen molar-refractivity contribution in [3.8, 4) is 0 Å². The molecule has 0 unspecified atom stereocenters. The molecule has 0 bridgehead atoms. The molecule has 1 aromatic rings. The van der Waals surface area contributed by atoms with Crippen LogP contribution in [0.25, 0.3) is 0 Å². The second kappa shape index (κ2) is 6.41. The summed E-state index contributed by atoms with van der Waals surface area (Å²) in [6.07, 6.45) is -0.932. The zero-order valence-corrected chi connectivity index (χ0v) is 8.38. The molecule has 0 fully saturated rings. The van der Waals surface area contributed by atoms with Crippen LogP contribution in [0.3, 0.4) is 0 Å². The van der Waals surface area contributed by atoms with Gasteiger partial charge < -0.3 is 10.4 Å². The summed E-state index contributed by atoms with van der Waals surface area (Å²) in [6, 6.07) is 9.10. The molecule has 6 nitrogen and oxygen atoms in total. The fourth-order valence-electron chi connectivity index (χ4n) is 0.903. The molecule has 6 heteroatoms. The minimum atomic E-state index is -1.15. The van der Waals surface area contributed by atoms with E-state index in [1.807, 2.05) is 23.5 Å². The minimum absolute atomic E-state index is 0.112. The van der Waals surface area contributed by atoms with Gasteiger partial charge in [-0.3, -0.25) is 9.68 Å². The molecule has 0 heterocycles. The van der Waals surface area contributed by atoms with Crippen LogP contribution in [0.1, 0.15) is 5.56 Å². The van der Waals surface area contributed by atoms with Crippen molar-refractivity contribution in [2.45, 2.75) is 6.61 Å². The van der Waals surface area contributed by atoms with Crippen molar-refractivity contribution < 1.29 is 24.5 Å². The summed E-state index contributed by atoms with van der Waals surface area (Å²) in [5, 5.41) is 10.2. The zero-order chi connectivity index (χ0) is 11.8. The number of carbonyl (C=O) groups excluding carboxylic acids is 1. The predicted octanol–water partition coefficient (Wildman–Crippen LogP) is 0.929. The molecule has 0 spiro atoms. The van der Waals surface area contributed by atoms with Crippen LogP contribution in [0.4, 0.5) is 4.79 Å². The fraction of sp³-hybridized carbons (Fsp3) is 0.200. The van der Waals surface area contributed by atoms with Crippen LogP contribution < -0.4 is 5.32 Å². The Hall–Kier alpha value is -2.08. The minimum Gasteiger partial charge on any atom is -0.480 e. The molecule has 86 valence electrons. The van der Waals surface area contributed by atoms with Crippen molar-refractivity contribution >= 4 is 12.1 Å².